The van der Waals surface area contributed by atoms with Gasteiger partial charge in [-0.1, -0.05) is 12.1 Å². The summed E-state index contributed by atoms with van der Waals surface area (Å²) in [5, 5.41) is 3.17. The lowest BCUT2D eigenvalue weighted by atomic mass is 10.1. The van der Waals surface area contributed by atoms with Crippen LogP contribution in [-0.4, -0.2) is 51.8 Å². The van der Waals surface area contributed by atoms with Crippen LogP contribution in [0.25, 0.3) is 0 Å². The van der Waals surface area contributed by atoms with Gasteiger partial charge in [-0.05, 0) is 24.1 Å². The average molecular weight is 316 g/mol. The first-order valence-electron chi connectivity index (χ1n) is 6.99. The van der Waals surface area contributed by atoms with Crippen molar-refractivity contribution in [3.8, 4) is 0 Å². The van der Waals surface area contributed by atoms with Crippen LogP contribution in [0.5, 0.6) is 0 Å². The summed E-state index contributed by atoms with van der Waals surface area (Å²) < 4.78 is 44.7. The van der Waals surface area contributed by atoms with Crippen LogP contribution in [0.1, 0.15) is 18.0 Å². The zero-order valence-electron chi connectivity index (χ0n) is 12.1. The van der Waals surface area contributed by atoms with Gasteiger partial charge >= 0.3 is 0 Å². The van der Waals surface area contributed by atoms with Gasteiger partial charge in [-0.2, -0.15) is 4.31 Å². The Morgan fingerprint density at radius 1 is 1.48 bits per heavy atom. The largest absolute Gasteiger partial charge is 0.385 e. The van der Waals surface area contributed by atoms with Crippen molar-refractivity contribution in [2.24, 2.45) is 0 Å². The quantitative estimate of drug-likeness (QED) is 0.800. The molecule has 118 valence electrons. The first-order chi connectivity index (χ1) is 10.0. The molecule has 1 aliphatic rings. The topological polar surface area (TPSA) is 58.6 Å². The van der Waals surface area contributed by atoms with Crippen molar-refractivity contribution < 1.29 is 17.5 Å². The lowest BCUT2D eigenvalue weighted by Crippen LogP contribution is -2.49. The highest BCUT2D eigenvalue weighted by molar-refractivity contribution is 7.89. The van der Waals surface area contributed by atoms with Gasteiger partial charge in [0.25, 0.3) is 0 Å². The third-order valence-electron chi connectivity index (χ3n) is 3.54. The van der Waals surface area contributed by atoms with Crippen molar-refractivity contribution in [2.45, 2.75) is 12.5 Å². The van der Waals surface area contributed by atoms with E-state index < -0.39 is 10.0 Å². The molecule has 21 heavy (non-hydrogen) atoms. The van der Waals surface area contributed by atoms with E-state index in [9.17, 15) is 12.8 Å². The number of halogens is 1. The average Bonchev–Trinajstić information content (AvgIpc) is 2.47. The van der Waals surface area contributed by atoms with E-state index in [1.165, 1.54) is 16.4 Å². The number of methoxy groups -OCH3 is 1. The van der Waals surface area contributed by atoms with E-state index in [1.807, 2.05) is 0 Å². The minimum atomic E-state index is -3.37. The predicted octanol–water partition coefficient (Wildman–Crippen LogP) is 1.14. The van der Waals surface area contributed by atoms with Gasteiger partial charge in [0, 0.05) is 33.4 Å². The molecular formula is C14H21FN2O3S. The van der Waals surface area contributed by atoms with Crippen LogP contribution in [-0.2, 0) is 14.8 Å². The van der Waals surface area contributed by atoms with Crippen molar-refractivity contribution >= 4 is 10.0 Å². The van der Waals surface area contributed by atoms with E-state index in [1.54, 1.807) is 19.2 Å². The first kappa shape index (κ1) is 16.4. The van der Waals surface area contributed by atoms with Crippen LogP contribution < -0.4 is 5.32 Å². The summed E-state index contributed by atoms with van der Waals surface area (Å²) in [5.74, 6) is -0.304. The molecule has 1 aromatic rings. The molecule has 1 unspecified atom stereocenters. The molecule has 1 fully saturated rings. The van der Waals surface area contributed by atoms with E-state index in [-0.39, 0.29) is 17.6 Å². The highest BCUT2D eigenvalue weighted by Gasteiger charge is 2.32. The first-order valence-corrected chi connectivity index (χ1v) is 8.60. The molecule has 5 nitrogen and oxygen atoms in total. The van der Waals surface area contributed by atoms with E-state index in [2.05, 4.69) is 5.32 Å². The number of nitrogens with one attached hydrogen (secondary N) is 1. The van der Waals surface area contributed by atoms with Gasteiger partial charge < -0.3 is 10.1 Å². The summed E-state index contributed by atoms with van der Waals surface area (Å²) in [6.07, 6.45) is 0.457. The summed E-state index contributed by atoms with van der Waals surface area (Å²) in [6, 6.07) is 5.77. The molecule has 1 saturated heterocycles. The molecule has 1 N–H and O–H groups in total. The number of nitrogens with zero attached hydrogens (tertiary/aromatic N) is 1. The molecule has 7 heteroatoms. The Labute approximate surface area is 125 Å². The Balaban J connectivity index is 2.19. The second kappa shape index (κ2) is 7.31. The number of hydrogen-bond donors (Lipinski definition) is 1. The van der Waals surface area contributed by atoms with E-state index in [0.717, 1.165) is 0 Å². The lowest BCUT2D eigenvalue weighted by molar-refractivity contribution is 0.198. The highest BCUT2D eigenvalue weighted by Crippen LogP contribution is 2.26. The Morgan fingerprint density at radius 2 is 2.29 bits per heavy atom. The smallest absolute Gasteiger partial charge is 0.214 e. The predicted molar refractivity (Wildman–Crippen MR) is 79.0 cm³/mol. The van der Waals surface area contributed by atoms with Crippen LogP contribution in [0.2, 0.25) is 0 Å². The number of ether oxygens (including phenoxy) is 1. The van der Waals surface area contributed by atoms with E-state index in [4.69, 9.17) is 4.74 Å². The number of piperazine rings is 1. The Kier molecular flexibility index (Phi) is 5.69. The van der Waals surface area contributed by atoms with Gasteiger partial charge in [0.1, 0.15) is 5.82 Å². The number of sulfonamides is 1. The number of benzene rings is 1. The van der Waals surface area contributed by atoms with Crippen LogP contribution >= 0.6 is 0 Å². The maximum Gasteiger partial charge on any atom is 0.214 e. The molecule has 1 aromatic carbocycles. The molecule has 2 rings (SSSR count). The Morgan fingerprint density at radius 3 is 3.00 bits per heavy atom. The zero-order chi connectivity index (χ0) is 15.3. The molecular weight excluding hydrogens is 295 g/mol. The standard InChI is InChI=1S/C14H21FN2O3S/c1-20-8-3-9-21(18,19)17-7-6-16-11-14(17)12-4-2-5-13(15)10-12/h2,4-5,10,14,16H,3,6-9,11H2,1H3. The molecule has 1 heterocycles. The molecule has 0 amide bonds. The fourth-order valence-electron chi connectivity index (χ4n) is 2.52. The van der Waals surface area contributed by atoms with Gasteiger partial charge in [0.05, 0.1) is 11.8 Å². The maximum atomic E-state index is 13.4. The molecule has 0 spiro atoms. The molecule has 0 bridgehead atoms. The molecule has 0 saturated carbocycles. The van der Waals surface area contributed by atoms with Crippen molar-refractivity contribution in [3.63, 3.8) is 0 Å². The van der Waals surface area contributed by atoms with Crippen molar-refractivity contribution in [3.05, 3.63) is 35.6 Å². The highest BCUT2D eigenvalue weighted by atomic mass is 32.2. The van der Waals surface area contributed by atoms with Gasteiger partial charge in [0.2, 0.25) is 10.0 Å². The zero-order valence-corrected chi connectivity index (χ0v) is 12.9. The van der Waals surface area contributed by atoms with Crippen LogP contribution in [0.15, 0.2) is 24.3 Å². The molecule has 0 aromatic heterocycles. The number of rotatable bonds is 6. The Hall–Kier alpha value is -1.02. The normalized spacial score (nSPS) is 20.6. The summed E-state index contributed by atoms with van der Waals surface area (Å²) in [5.41, 5.74) is 0.678. The van der Waals surface area contributed by atoms with Crippen LogP contribution in [0.4, 0.5) is 4.39 Å². The Bertz CT molecular complexity index is 565. The second-order valence-corrected chi connectivity index (χ2v) is 7.09. The maximum absolute atomic E-state index is 13.4. The van der Waals surface area contributed by atoms with Crippen molar-refractivity contribution in [1.82, 2.24) is 9.62 Å². The van der Waals surface area contributed by atoms with E-state index in [0.29, 0.717) is 38.2 Å². The third kappa shape index (κ3) is 4.23. The summed E-state index contributed by atoms with van der Waals surface area (Å²) in [7, 11) is -1.83. The second-order valence-electron chi connectivity index (χ2n) is 5.05. The minimum absolute atomic E-state index is 0.0483. The van der Waals surface area contributed by atoms with Gasteiger partial charge in [-0.25, -0.2) is 12.8 Å². The van der Waals surface area contributed by atoms with Crippen LogP contribution in [0, 0.1) is 5.82 Å². The third-order valence-corrected chi connectivity index (χ3v) is 5.49. The molecule has 1 atom stereocenters. The lowest BCUT2D eigenvalue weighted by Gasteiger charge is -2.35. The van der Waals surface area contributed by atoms with Gasteiger partial charge in [-0.3, -0.25) is 0 Å². The van der Waals surface area contributed by atoms with Crippen molar-refractivity contribution in [2.75, 3.05) is 39.1 Å². The summed E-state index contributed by atoms with van der Waals surface area (Å²) in [4.78, 5) is 0. The fraction of sp³-hybridized carbons (Fsp3) is 0.571. The fourth-order valence-corrected chi connectivity index (χ4v) is 4.19. The molecule has 0 aliphatic carbocycles. The SMILES string of the molecule is COCCCS(=O)(=O)N1CCNCC1c1cccc(F)c1. The van der Waals surface area contributed by atoms with Gasteiger partial charge in [-0.15, -0.1) is 0 Å². The monoisotopic (exact) mass is 316 g/mol. The molecule has 1 aliphatic heterocycles. The van der Waals surface area contributed by atoms with E-state index >= 15 is 0 Å². The van der Waals surface area contributed by atoms with Crippen LogP contribution in [0.3, 0.4) is 0 Å². The van der Waals surface area contributed by atoms with Gasteiger partial charge in [0.15, 0.2) is 0 Å². The summed E-state index contributed by atoms with van der Waals surface area (Å²) >= 11 is 0. The van der Waals surface area contributed by atoms with Crippen molar-refractivity contribution in [1.29, 1.82) is 0 Å². The summed E-state index contributed by atoms with van der Waals surface area (Å²) in [6.45, 7) is 1.91. The minimum Gasteiger partial charge on any atom is -0.385 e. The molecule has 0 radical (unpaired) electrons. The number of hydrogen-bond acceptors (Lipinski definition) is 4.